The molecule has 3 N–H and O–H groups in total. The van der Waals surface area contributed by atoms with E-state index in [9.17, 15) is 14.0 Å². The van der Waals surface area contributed by atoms with Crippen molar-refractivity contribution in [2.75, 3.05) is 31.7 Å². The number of quaternary nitrogens is 1. The van der Waals surface area contributed by atoms with Crippen LogP contribution in [0.5, 0.6) is 11.5 Å². The van der Waals surface area contributed by atoms with E-state index in [1.165, 1.54) is 12.1 Å². The van der Waals surface area contributed by atoms with E-state index in [0.717, 1.165) is 30.8 Å². The van der Waals surface area contributed by atoms with Crippen LogP contribution in [0.2, 0.25) is 0 Å². The van der Waals surface area contributed by atoms with Crippen molar-refractivity contribution >= 4 is 17.5 Å². The molecule has 152 valence electrons. The van der Waals surface area contributed by atoms with Gasteiger partial charge < -0.3 is 25.0 Å². The molecule has 7 nitrogen and oxygen atoms in total. The van der Waals surface area contributed by atoms with E-state index in [-0.39, 0.29) is 24.3 Å². The highest BCUT2D eigenvalue weighted by Crippen LogP contribution is 2.34. The average Bonchev–Trinajstić information content (AvgIpc) is 3.17. The lowest BCUT2D eigenvalue weighted by atomic mass is 10.0. The molecular weight excluding hydrogens is 377 g/mol. The summed E-state index contributed by atoms with van der Waals surface area (Å²) in [5.74, 6) is 0.313. The van der Waals surface area contributed by atoms with Crippen LogP contribution in [0.3, 0.4) is 0 Å². The van der Waals surface area contributed by atoms with Crippen molar-refractivity contribution in [3.8, 4) is 11.5 Å². The number of nitrogens with one attached hydrogen (secondary N) is 3. The molecule has 2 aliphatic heterocycles. The second-order valence-corrected chi connectivity index (χ2v) is 7.27. The Morgan fingerprint density at radius 2 is 1.83 bits per heavy atom. The molecule has 0 atom stereocenters. The van der Waals surface area contributed by atoms with E-state index in [2.05, 4.69) is 10.6 Å². The fourth-order valence-corrected chi connectivity index (χ4v) is 3.66. The molecule has 0 spiro atoms. The molecule has 8 heteroatoms. The highest BCUT2D eigenvalue weighted by atomic mass is 19.1. The lowest BCUT2D eigenvalue weighted by Gasteiger charge is -2.29. The van der Waals surface area contributed by atoms with E-state index in [1.807, 2.05) is 0 Å². The Hall–Kier alpha value is -3.13. The normalized spacial score (nSPS) is 20.2. The van der Waals surface area contributed by atoms with Crippen LogP contribution in [0.1, 0.15) is 23.2 Å². The maximum absolute atomic E-state index is 13.7. The van der Waals surface area contributed by atoms with Gasteiger partial charge in [-0.2, -0.15) is 0 Å². The van der Waals surface area contributed by atoms with Crippen LogP contribution in [-0.2, 0) is 4.79 Å². The zero-order chi connectivity index (χ0) is 20.2. The highest BCUT2D eigenvalue weighted by molar-refractivity contribution is 5.94. The Morgan fingerprint density at radius 3 is 2.62 bits per heavy atom. The third-order valence-corrected chi connectivity index (χ3v) is 5.21. The van der Waals surface area contributed by atoms with Gasteiger partial charge in [-0.25, -0.2) is 4.39 Å². The number of benzene rings is 2. The van der Waals surface area contributed by atoms with Crippen molar-refractivity contribution in [2.45, 2.75) is 18.9 Å². The third kappa shape index (κ3) is 4.65. The van der Waals surface area contributed by atoms with Crippen molar-refractivity contribution in [2.24, 2.45) is 0 Å². The van der Waals surface area contributed by atoms with E-state index in [4.69, 9.17) is 9.47 Å². The summed E-state index contributed by atoms with van der Waals surface area (Å²) in [6, 6.07) is 11.3. The van der Waals surface area contributed by atoms with Gasteiger partial charge in [-0.05, 0) is 24.3 Å². The van der Waals surface area contributed by atoms with Gasteiger partial charge in [0.15, 0.2) is 18.0 Å². The van der Waals surface area contributed by atoms with Gasteiger partial charge in [0, 0.05) is 30.6 Å². The lowest BCUT2D eigenvalue weighted by Crippen LogP contribution is -3.14. The number of hydrogen-bond acceptors (Lipinski definition) is 4. The summed E-state index contributed by atoms with van der Waals surface area (Å²) < 4.78 is 24.3. The summed E-state index contributed by atoms with van der Waals surface area (Å²) in [5, 5.41) is 5.78. The van der Waals surface area contributed by atoms with Gasteiger partial charge in [0.25, 0.3) is 11.8 Å². The summed E-state index contributed by atoms with van der Waals surface area (Å²) in [6.45, 7) is 2.06. The Labute approximate surface area is 167 Å². The fraction of sp³-hybridized carbons (Fsp3) is 0.333. The molecule has 1 saturated heterocycles. The van der Waals surface area contributed by atoms with Crippen molar-refractivity contribution in [3.63, 3.8) is 0 Å². The van der Waals surface area contributed by atoms with E-state index in [1.54, 1.807) is 30.3 Å². The van der Waals surface area contributed by atoms with Gasteiger partial charge in [0.1, 0.15) is 5.82 Å². The smallest absolute Gasteiger partial charge is 0.279 e. The predicted octanol–water partition coefficient (Wildman–Crippen LogP) is 0.970. The van der Waals surface area contributed by atoms with E-state index >= 15 is 0 Å². The molecule has 2 amide bonds. The summed E-state index contributed by atoms with van der Waals surface area (Å²) in [7, 11) is 0. The molecule has 0 aliphatic carbocycles. The van der Waals surface area contributed by atoms with E-state index in [0.29, 0.717) is 23.7 Å². The molecule has 0 radical (unpaired) electrons. The number of carbonyl (C=O) groups is 2. The SMILES string of the molecule is O=C(C[NH+]1CCC(NC(=O)c2ccccc2F)CC1)Nc1ccc2c(c1)OCO2. The minimum absolute atomic E-state index is 0.0113. The maximum Gasteiger partial charge on any atom is 0.279 e. The first-order valence-electron chi connectivity index (χ1n) is 9.67. The zero-order valence-corrected chi connectivity index (χ0v) is 15.9. The number of hydrogen-bond donors (Lipinski definition) is 3. The van der Waals surface area contributed by atoms with Gasteiger partial charge in [-0.1, -0.05) is 12.1 Å². The molecule has 29 heavy (non-hydrogen) atoms. The molecule has 0 unspecified atom stereocenters. The minimum Gasteiger partial charge on any atom is -0.454 e. The topological polar surface area (TPSA) is 81.1 Å². The Morgan fingerprint density at radius 1 is 1.07 bits per heavy atom. The highest BCUT2D eigenvalue weighted by Gasteiger charge is 2.26. The first-order valence-corrected chi connectivity index (χ1v) is 9.67. The van der Waals surface area contributed by atoms with Crippen LogP contribution in [0.25, 0.3) is 0 Å². The molecule has 2 aliphatic rings. The number of piperidine rings is 1. The van der Waals surface area contributed by atoms with Crippen LogP contribution in [-0.4, -0.2) is 44.3 Å². The van der Waals surface area contributed by atoms with Gasteiger partial charge in [-0.15, -0.1) is 0 Å². The van der Waals surface area contributed by atoms with Crippen LogP contribution >= 0.6 is 0 Å². The van der Waals surface area contributed by atoms with Gasteiger partial charge in [0.05, 0.1) is 18.7 Å². The Balaban J connectivity index is 1.23. The fourth-order valence-electron chi connectivity index (χ4n) is 3.66. The van der Waals surface area contributed by atoms with Crippen molar-refractivity contribution in [1.29, 1.82) is 0 Å². The molecule has 2 aromatic rings. The number of amides is 2. The number of halogens is 1. The third-order valence-electron chi connectivity index (χ3n) is 5.21. The molecule has 2 aromatic carbocycles. The van der Waals surface area contributed by atoms with Crippen molar-refractivity contribution in [1.82, 2.24) is 5.32 Å². The molecule has 4 rings (SSSR count). The van der Waals surface area contributed by atoms with Gasteiger partial charge in [-0.3, -0.25) is 9.59 Å². The van der Waals surface area contributed by atoms with E-state index < -0.39 is 11.7 Å². The first kappa shape index (κ1) is 19.2. The second-order valence-electron chi connectivity index (χ2n) is 7.27. The number of fused-ring (bicyclic) bond motifs is 1. The average molecular weight is 400 g/mol. The lowest BCUT2D eigenvalue weighted by molar-refractivity contribution is -0.897. The number of likely N-dealkylation sites (tertiary alicyclic amines) is 1. The number of anilines is 1. The summed E-state index contributed by atoms with van der Waals surface area (Å²) in [6.07, 6.45) is 1.49. The molecule has 0 aromatic heterocycles. The Kier molecular flexibility index (Phi) is 5.62. The number of rotatable bonds is 5. The quantitative estimate of drug-likeness (QED) is 0.699. The monoisotopic (exact) mass is 400 g/mol. The first-order chi connectivity index (χ1) is 14.1. The minimum atomic E-state index is -0.520. The van der Waals surface area contributed by atoms with Crippen LogP contribution in [0, 0.1) is 5.82 Å². The number of carbonyl (C=O) groups excluding carboxylic acids is 2. The summed E-state index contributed by atoms with van der Waals surface area (Å²) in [4.78, 5) is 25.7. The standard InChI is InChI=1S/C21H22FN3O4/c22-17-4-2-1-3-16(17)21(27)24-14-7-9-25(10-8-14)12-20(26)23-15-5-6-18-19(11-15)29-13-28-18/h1-6,11,14H,7-10,12-13H2,(H,23,26)(H,24,27)/p+1. The molecule has 2 heterocycles. The predicted molar refractivity (Wildman–Crippen MR) is 104 cm³/mol. The van der Waals surface area contributed by atoms with Crippen LogP contribution < -0.4 is 25.0 Å². The largest absolute Gasteiger partial charge is 0.454 e. The molecule has 0 saturated carbocycles. The summed E-state index contributed by atoms with van der Waals surface area (Å²) in [5.41, 5.74) is 0.732. The van der Waals surface area contributed by atoms with Crippen LogP contribution in [0.4, 0.5) is 10.1 Å². The summed E-state index contributed by atoms with van der Waals surface area (Å²) >= 11 is 0. The number of ether oxygens (including phenoxy) is 2. The van der Waals surface area contributed by atoms with Gasteiger partial charge in [0.2, 0.25) is 6.79 Å². The van der Waals surface area contributed by atoms with Crippen molar-refractivity contribution in [3.05, 3.63) is 53.8 Å². The molecule has 1 fully saturated rings. The maximum atomic E-state index is 13.7. The second kappa shape index (κ2) is 8.48. The Bertz CT molecular complexity index is 913. The van der Waals surface area contributed by atoms with Crippen LogP contribution in [0.15, 0.2) is 42.5 Å². The zero-order valence-electron chi connectivity index (χ0n) is 15.9. The molecular formula is C21H23FN3O4+. The van der Waals surface area contributed by atoms with Crippen molar-refractivity contribution < 1.29 is 28.4 Å². The van der Waals surface area contributed by atoms with Gasteiger partial charge >= 0.3 is 0 Å². The molecule has 0 bridgehead atoms.